The fourth-order valence-corrected chi connectivity index (χ4v) is 6.63. The number of pyridine rings is 1. The van der Waals surface area contributed by atoms with Gasteiger partial charge in [-0.2, -0.15) is 0 Å². The van der Waals surface area contributed by atoms with Gasteiger partial charge in [-0.05, 0) is 61.6 Å². The molecule has 2 heterocycles. The van der Waals surface area contributed by atoms with Crippen LogP contribution in [0.15, 0.2) is 48.5 Å². The van der Waals surface area contributed by atoms with Gasteiger partial charge in [0.1, 0.15) is 5.60 Å². The highest BCUT2D eigenvalue weighted by Crippen LogP contribution is 2.28. The predicted molar refractivity (Wildman–Crippen MR) is 207 cm³/mol. The summed E-state index contributed by atoms with van der Waals surface area (Å²) in [6, 6.07) is 13.3. The first-order valence-corrected chi connectivity index (χ1v) is 19.1. The average Bonchev–Trinajstić information content (AvgIpc) is 3.44. The second kappa shape index (κ2) is 19.9. The lowest BCUT2D eigenvalue weighted by atomic mass is 9.83. The van der Waals surface area contributed by atoms with Crippen molar-refractivity contribution in [3.8, 4) is 0 Å². The monoisotopic (exact) mass is 753 g/mol. The summed E-state index contributed by atoms with van der Waals surface area (Å²) in [7, 11) is 0. The van der Waals surface area contributed by atoms with Crippen molar-refractivity contribution in [3.63, 3.8) is 0 Å². The van der Waals surface area contributed by atoms with Crippen LogP contribution in [0.5, 0.6) is 0 Å². The van der Waals surface area contributed by atoms with E-state index >= 15 is 0 Å². The molecule has 1 fully saturated rings. The van der Waals surface area contributed by atoms with Crippen LogP contribution in [-0.4, -0.2) is 98.5 Å². The number of aliphatic hydroxyl groups excluding tert-OH is 1. The Bertz CT molecular complexity index is 1530. The van der Waals surface area contributed by atoms with Gasteiger partial charge in [0, 0.05) is 32.6 Å². The van der Waals surface area contributed by atoms with Crippen LogP contribution in [0.25, 0.3) is 0 Å². The molecule has 1 saturated heterocycles. The quantitative estimate of drug-likeness (QED) is 0.0922. The molecule has 0 bridgehead atoms. The van der Waals surface area contributed by atoms with Gasteiger partial charge in [-0.25, -0.2) is 14.6 Å². The van der Waals surface area contributed by atoms with E-state index < -0.39 is 41.2 Å². The molecule has 300 valence electrons. The summed E-state index contributed by atoms with van der Waals surface area (Å²) in [4.78, 5) is 58.3. The predicted octanol–water partition coefficient (Wildman–Crippen LogP) is 4.02. The van der Waals surface area contributed by atoms with Crippen LogP contribution in [0, 0.1) is 23.2 Å². The summed E-state index contributed by atoms with van der Waals surface area (Å²) in [5.74, 6) is -1.05. The van der Waals surface area contributed by atoms with Crippen LogP contribution in [0.2, 0.25) is 0 Å². The minimum absolute atomic E-state index is 0.0247. The standard InChI is InChI=1S/C40H63N7O7/c1-9-27(4)35(31-22-41-37(51)47(31)23-29-16-13-17-33(43-29)40(7,8)54)36(50)44-30(20-28-14-11-10-12-15-28)32(48)24-46(19-18-26(2)3)45-34(49)21-39(5,6)25-42-38(52)53/h10-17,26-27,30-32,35,42,48,54H,9,18-25H2,1-8H3,(H,41,51)(H,44,50)(H,45,49)(H,52,53)/t27-,30-,31?,32-,35-/m0/s1. The van der Waals surface area contributed by atoms with Gasteiger partial charge in [0.2, 0.25) is 11.8 Å². The Morgan fingerprint density at radius 1 is 1.06 bits per heavy atom. The molecule has 5 amide bonds. The van der Waals surface area contributed by atoms with E-state index in [9.17, 15) is 29.4 Å². The van der Waals surface area contributed by atoms with E-state index in [1.165, 1.54) is 0 Å². The van der Waals surface area contributed by atoms with Crippen LogP contribution in [0.4, 0.5) is 9.59 Å². The van der Waals surface area contributed by atoms with Crippen molar-refractivity contribution in [3.05, 3.63) is 65.5 Å². The largest absolute Gasteiger partial charge is 0.465 e. The third-order valence-corrected chi connectivity index (χ3v) is 9.98. The number of benzene rings is 1. The molecule has 0 aliphatic carbocycles. The molecule has 5 atom stereocenters. The normalized spacial score (nSPS) is 17.1. The molecule has 14 heteroatoms. The number of aliphatic hydroxyl groups is 2. The van der Waals surface area contributed by atoms with E-state index in [0.717, 1.165) is 12.0 Å². The van der Waals surface area contributed by atoms with Crippen LogP contribution >= 0.6 is 0 Å². The van der Waals surface area contributed by atoms with Crippen molar-refractivity contribution in [1.82, 2.24) is 36.3 Å². The Labute approximate surface area is 320 Å². The molecule has 54 heavy (non-hydrogen) atoms. The summed E-state index contributed by atoms with van der Waals surface area (Å²) in [5, 5.41) is 41.6. The number of rotatable bonds is 21. The zero-order chi connectivity index (χ0) is 40.2. The SMILES string of the molecule is CC[C@H](C)[C@H](C(=O)N[C@@H](Cc1ccccc1)[C@@H](O)CN(CCC(C)C)NC(=O)CC(C)(C)CNC(=O)O)C1CNC(=O)N1Cc1cccc(C(C)(C)O)n1. The van der Waals surface area contributed by atoms with E-state index in [1.54, 1.807) is 55.8 Å². The van der Waals surface area contributed by atoms with Gasteiger partial charge < -0.3 is 36.2 Å². The Kier molecular flexibility index (Phi) is 16.2. The molecule has 1 aromatic carbocycles. The molecule has 1 aliphatic heterocycles. The molecule has 3 rings (SSSR count). The molecule has 7 N–H and O–H groups in total. The number of urea groups is 1. The number of carboxylic acid groups (broad SMARTS) is 1. The van der Waals surface area contributed by atoms with E-state index in [2.05, 4.69) is 40.2 Å². The van der Waals surface area contributed by atoms with Crippen molar-refractivity contribution in [2.24, 2.45) is 23.2 Å². The van der Waals surface area contributed by atoms with Gasteiger partial charge in [0.05, 0.1) is 42.0 Å². The lowest BCUT2D eigenvalue weighted by molar-refractivity contribution is -0.132. The lowest BCUT2D eigenvalue weighted by Gasteiger charge is -2.36. The number of amides is 5. The first-order valence-electron chi connectivity index (χ1n) is 19.1. The second-order valence-corrected chi connectivity index (χ2v) is 16.4. The van der Waals surface area contributed by atoms with Crippen molar-refractivity contribution in [1.29, 1.82) is 0 Å². The first kappa shape index (κ1) is 44.1. The first-order chi connectivity index (χ1) is 25.3. The molecular formula is C40H63N7O7. The molecule has 0 radical (unpaired) electrons. The molecule has 1 unspecified atom stereocenters. The summed E-state index contributed by atoms with van der Waals surface area (Å²) in [6.07, 6.45) is -0.499. The molecule has 0 spiro atoms. The number of aromatic nitrogens is 1. The zero-order valence-corrected chi connectivity index (χ0v) is 33.3. The highest BCUT2D eigenvalue weighted by Gasteiger charge is 2.43. The number of hydrogen-bond donors (Lipinski definition) is 7. The van der Waals surface area contributed by atoms with Crippen molar-refractivity contribution < 1.29 is 34.5 Å². The maximum atomic E-state index is 14.5. The third kappa shape index (κ3) is 13.9. The van der Waals surface area contributed by atoms with Gasteiger partial charge in [-0.15, -0.1) is 0 Å². The fourth-order valence-electron chi connectivity index (χ4n) is 6.63. The Morgan fingerprint density at radius 3 is 2.35 bits per heavy atom. The fraction of sp³-hybridized carbons (Fsp3) is 0.625. The molecular weight excluding hydrogens is 690 g/mol. The maximum absolute atomic E-state index is 14.5. The second-order valence-electron chi connectivity index (χ2n) is 16.4. The summed E-state index contributed by atoms with van der Waals surface area (Å²) in [6.45, 7) is 16.0. The van der Waals surface area contributed by atoms with Gasteiger partial charge in [0.15, 0.2) is 0 Å². The van der Waals surface area contributed by atoms with Crippen LogP contribution in [-0.2, 0) is 28.2 Å². The van der Waals surface area contributed by atoms with Crippen LogP contribution in [0.3, 0.4) is 0 Å². The highest BCUT2D eigenvalue weighted by atomic mass is 16.4. The van der Waals surface area contributed by atoms with Crippen molar-refractivity contribution in [2.75, 3.05) is 26.2 Å². The summed E-state index contributed by atoms with van der Waals surface area (Å²) < 4.78 is 0. The number of carbonyl (C=O) groups excluding carboxylic acids is 3. The number of nitrogens with one attached hydrogen (secondary N) is 4. The average molecular weight is 754 g/mol. The Hall–Kier alpha value is -4.27. The van der Waals surface area contributed by atoms with Crippen molar-refractivity contribution >= 4 is 23.9 Å². The van der Waals surface area contributed by atoms with Gasteiger partial charge >= 0.3 is 12.1 Å². The molecule has 14 nitrogen and oxygen atoms in total. The smallest absolute Gasteiger partial charge is 0.404 e. The number of hydrazine groups is 1. The Morgan fingerprint density at radius 2 is 1.74 bits per heavy atom. The van der Waals surface area contributed by atoms with Gasteiger partial charge in [0.25, 0.3) is 0 Å². The van der Waals surface area contributed by atoms with Gasteiger partial charge in [-0.3, -0.25) is 20.0 Å². The summed E-state index contributed by atoms with van der Waals surface area (Å²) >= 11 is 0. The highest BCUT2D eigenvalue weighted by molar-refractivity contribution is 5.83. The van der Waals surface area contributed by atoms with E-state index in [4.69, 9.17) is 5.11 Å². The van der Waals surface area contributed by atoms with Crippen LogP contribution < -0.4 is 21.4 Å². The zero-order valence-electron chi connectivity index (χ0n) is 33.3. The maximum Gasteiger partial charge on any atom is 0.404 e. The lowest BCUT2D eigenvalue weighted by Crippen LogP contribution is -2.56. The topological polar surface area (TPSA) is 196 Å². The number of hydrogen-bond acceptors (Lipinski definition) is 8. The molecule has 1 aromatic heterocycles. The molecule has 2 aromatic rings. The minimum Gasteiger partial charge on any atom is -0.465 e. The van der Waals surface area contributed by atoms with E-state index in [-0.39, 0.29) is 56.4 Å². The van der Waals surface area contributed by atoms with E-state index in [1.807, 2.05) is 44.2 Å². The van der Waals surface area contributed by atoms with Gasteiger partial charge in [-0.1, -0.05) is 84.4 Å². The number of nitrogens with zero attached hydrogens (tertiary/aromatic N) is 3. The Balaban J connectivity index is 1.87. The molecule has 0 saturated carbocycles. The summed E-state index contributed by atoms with van der Waals surface area (Å²) in [5.41, 5.74) is 3.08. The van der Waals surface area contributed by atoms with Crippen molar-refractivity contribution in [2.45, 2.75) is 111 Å². The minimum atomic E-state index is -1.17. The third-order valence-electron chi connectivity index (χ3n) is 9.98. The van der Waals surface area contributed by atoms with Crippen LogP contribution in [0.1, 0.15) is 91.6 Å². The van der Waals surface area contributed by atoms with E-state index in [0.29, 0.717) is 36.7 Å². The molecule has 1 aliphatic rings. The number of carbonyl (C=O) groups is 4.